The molecule has 1 fully saturated rings. The van der Waals surface area contributed by atoms with Crippen LogP contribution in [0.4, 0.5) is 11.5 Å². The van der Waals surface area contributed by atoms with Gasteiger partial charge in [0.25, 0.3) is 5.91 Å². The molecular formula is C19H21N3O4. The maximum Gasteiger partial charge on any atom is 0.306 e. The number of benzene rings is 1. The standard InChI is InChI=1S/C19H21N3O4/c1-21(15-5-3-2-4-6-15)17-8-7-14(12-20-17)19(25)22-9-10-26-16(13-22)11-18(23)24/h2-8,12,16H,9-11,13H2,1H3,(H,23,24). The Bertz CT molecular complexity index is 764. The Hall–Kier alpha value is -2.93. The molecule has 1 saturated heterocycles. The second-order valence-electron chi connectivity index (χ2n) is 6.14. The van der Waals surface area contributed by atoms with Crippen molar-refractivity contribution in [1.29, 1.82) is 0 Å². The highest BCUT2D eigenvalue weighted by Gasteiger charge is 2.26. The van der Waals surface area contributed by atoms with Crippen LogP contribution in [0, 0.1) is 0 Å². The molecule has 0 spiro atoms. The van der Waals surface area contributed by atoms with Crippen molar-refractivity contribution < 1.29 is 19.4 Å². The van der Waals surface area contributed by atoms with Gasteiger partial charge in [0, 0.05) is 32.0 Å². The van der Waals surface area contributed by atoms with Gasteiger partial charge in [-0.15, -0.1) is 0 Å². The molecule has 0 saturated carbocycles. The van der Waals surface area contributed by atoms with E-state index >= 15 is 0 Å². The van der Waals surface area contributed by atoms with Crippen molar-refractivity contribution in [1.82, 2.24) is 9.88 Å². The minimum absolute atomic E-state index is 0.108. The van der Waals surface area contributed by atoms with Crippen LogP contribution >= 0.6 is 0 Å². The second kappa shape index (κ2) is 7.97. The average Bonchev–Trinajstić information content (AvgIpc) is 2.67. The predicted octanol–water partition coefficient (Wildman–Crippen LogP) is 2.17. The first kappa shape index (κ1) is 17.9. The quantitative estimate of drug-likeness (QED) is 0.885. The number of amides is 1. The van der Waals surface area contributed by atoms with E-state index in [4.69, 9.17) is 9.84 Å². The van der Waals surface area contributed by atoms with Crippen LogP contribution < -0.4 is 4.90 Å². The third-order valence-corrected chi connectivity index (χ3v) is 4.31. The molecule has 0 aliphatic carbocycles. The summed E-state index contributed by atoms with van der Waals surface area (Å²) in [7, 11) is 1.91. The van der Waals surface area contributed by atoms with Crippen LogP contribution in [0.5, 0.6) is 0 Å². The first-order chi connectivity index (χ1) is 12.5. The number of morpholine rings is 1. The monoisotopic (exact) mass is 355 g/mol. The van der Waals surface area contributed by atoms with Gasteiger partial charge < -0.3 is 19.6 Å². The lowest BCUT2D eigenvalue weighted by molar-refractivity contribution is -0.141. The van der Waals surface area contributed by atoms with Crippen molar-refractivity contribution in [2.45, 2.75) is 12.5 Å². The fourth-order valence-corrected chi connectivity index (χ4v) is 2.90. The molecule has 0 radical (unpaired) electrons. The Labute approximate surface area is 151 Å². The number of carboxylic acids is 1. The molecule has 3 rings (SSSR count). The highest BCUT2D eigenvalue weighted by Crippen LogP contribution is 2.21. The minimum Gasteiger partial charge on any atom is -0.481 e. The number of pyridine rings is 1. The van der Waals surface area contributed by atoms with Crippen molar-refractivity contribution in [2.75, 3.05) is 31.6 Å². The molecule has 1 aromatic heterocycles. The number of aliphatic carboxylic acids is 1. The first-order valence-electron chi connectivity index (χ1n) is 8.42. The SMILES string of the molecule is CN(c1ccccc1)c1ccc(C(=O)N2CCOC(CC(=O)O)C2)cn1. The van der Waals surface area contributed by atoms with Crippen molar-refractivity contribution >= 4 is 23.4 Å². The van der Waals surface area contributed by atoms with Gasteiger partial charge in [0.15, 0.2) is 0 Å². The van der Waals surface area contributed by atoms with Crippen LogP contribution in [-0.4, -0.2) is 59.7 Å². The van der Waals surface area contributed by atoms with Gasteiger partial charge in [-0.25, -0.2) is 4.98 Å². The topological polar surface area (TPSA) is 83.0 Å². The molecule has 1 N–H and O–H groups in total. The van der Waals surface area contributed by atoms with E-state index in [0.29, 0.717) is 18.7 Å². The summed E-state index contributed by atoms with van der Waals surface area (Å²) in [5, 5.41) is 8.89. The van der Waals surface area contributed by atoms with Crippen LogP contribution in [0.2, 0.25) is 0 Å². The summed E-state index contributed by atoms with van der Waals surface area (Å²) in [4.78, 5) is 31.4. The number of ether oxygens (including phenoxy) is 1. The van der Waals surface area contributed by atoms with E-state index in [1.54, 1.807) is 23.2 Å². The second-order valence-corrected chi connectivity index (χ2v) is 6.14. The van der Waals surface area contributed by atoms with Crippen molar-refractivity contribution in [3.8, 4) is 0 Å². The van der Waals surface area contributed by atoms with E-state index in [1.165, 1.54) is 0 Å². The first-order valence-corrected chi connectivity index (χ1v) is 8.42. The Kier molecular flexibility index (Phi) is 5.48. The number of nitrogens with zero attached hydrogens (tertiary/aromatic N) is 3. The van der Waals surface area contributed by atoms with Gasteiger partial charge >= 0.3 is 5.97 Å². The number of hydrogen-bond acceptors (Lipinski definition) is 5. The molecule has 1 amide bonds. The molecule has 1 unspecified atom stereocenters. The molecule has 7 nitrogen and oxygen atoms in total. The van der Waals surface area contributed by atoms with Crippen molar-refractivity contribution in [2.24, 2.45) is 0 Å². The summed E-state index contributed by atoms with van der Waals surface area (Å²) >= 11 is 0. The van der Waals surface area contributed by atoms with E-state index in [0.717, 1.165) is 11.5 Å². The Morgan fingerprint density at radius 3 is 2.69 bits per heavy atom. The zero-order valence-electron chi connectivity index (χ0n) is 14.5. The molecule has 7 heteroatoms. The van der Waals surface area contributed by atoms with Gasteiger partial charge in [-0.05, 0) is 24.3 Å². The third-order valence-electron chi connectivity index (χ3n) is 4.31. The zero-order chi connectivity index (χ0) is 18.5. The molecule has 1 atom stereocenters. The summed E-state index contributed by atoms with van der Waals surface area (Å²) in [6, 6.07) is 13.4. The van der Waals surface area contributed by atoms with E-state index in [2.05, 4.69) is 4.98 Å². The summed E-state index contributed by atoms with van der Waals surface area (Å²) in [6.45, 7) is 1.06. The number of carbonyl (C=O) groups is 2. The van der Waals surface area contributed by atoms with E-state index in [1.807, 2.05) is 42.3 Å². The summed E-state index contributed by atoms with van der Waals surface area (Å²) in [5.41, 5.74) is 1.48. The molecule has 1 aliphatic rings. The predicted molar refractivity (Wildman–Crippen MR) is 96.6 cm³/mol. The van der Waals surface area contributed by atoms with Gasteiger partial charge in [-0.2, -0.15) is 0 Å². The fraction of sp³-hybridized carbons (Fsp3) is 0.316. The molecule has 2 heterocycles. The Balaban J connectivity index is 1.68. The Morgan fingerprint density at radius 2 is 2.04 bits per heavy atom. The van der Waals surface area contributed by atoms with E-state index < -0.39 is 12.1 Å². The van der Waals surface area contributed by atoms with Gasteiger partial charge in [0.2, 0.25) is 0 Å². The number of rotatable bonds is 5. The van der Waals surface area contributed by atoms with E-state index in [9.17, 15) is 9.59 Å². The van der Waals surface area contributed by atoms with E-state index in [-0.39, 0.29) is 18.9 Å². The van der Waals surface area contributed by atoms with Crippen LogP contribution in [0.25, 0.3) is 0 Å². The van der Waals surface area contributed by atoms with Gasteiger partial charge in [-0.1, -0.05) is 18.2 Å². The number of aromatic nitrogens is 1. The van der Waals surface area contributed by atoms with Crippen LogP contribution in [0.3, 0.4) is 0 Å². The van der Waals surface area contributed by atoms with Gasteiger partial charge in [0.1, 0.15) is 5.82 Å². The third kappa shape index (κ3) is 4.18. The number of anilines is 2. The number of carbonyl (C=O) groups excluding carboxylic acids is 1. The fourth-order valence-electron chi connectivity index (χ4n) is 2.90. The molecule has 1 aromatic carbocycles. The number of carboxylic acid groups (broad SMARTS) is 1. The molecular weight excluding hydrogens is 334 g/mol. The van der Waals surface area contributed by atoms with Crippen molar-refractivity contribution in [3.63, 3.8) is 0 Å². The van der Waals surface area contributed by atoms with Crippen LogP contribution in [-0.2, 0) is 9.53 Å². The van der Waals surface area contributed by atoms with Crippen molar-refractivity contribution in [3.05, 3.63) is 54.2 Å². The summed E-state index contributed by atoms with van der Waals surface area (Å²) in [5.74, 6) is -0.358. The Morgan fingerprint density at radius 1 is 1.27 bits per heavy atom. The normalized spacial score (nSPS) is 17.0. The number of hydrogen-bond donors (Lipinski definition) is 1. The molecule has 2 aromatic rings. The van der Waals surface area contributed by atoms with Crippen LogP contribution in [0.15, 0.2) is 48.7 Å². The maximum absolute atomic E-state index is 12.7. The highest BCUT2D eigenvalue weighted by molar-refractivity contribution is 5.94. The summed E-state index contributed by atoms with van der Waals surface area (Å²) in [6.07, 6.45) is 0.975. The maximum atomic E-state index is 12.7. The molecule has 1 aliphatic heterocycles. The molecule has 136 valence electrons. The number of para-hydroxylation sites is 1. The smallest absolute Gasteiger partial charge is 0.306 e. The lowest BCUT2D eigenvalue weighted by Gasteiger charge is -2.32. The minimum atomic E-state index is -0.931. The van der Waals surface area contributed by atoms with Gasteiger partial charge in [-0.3, -0.25) is 9.59 Å². The summed E-state index contributed by atoms with van der Waals surface area (Å²) < 4.78 is 5.41. The zero-order valence-corrected chi connectivity index (χ0v) is 14.5. The lowest BCUT2D eigenvalue weighted by atomic mass is 10.1. The van der Waals surface area contributed by atoms with Gasteiger partial charge in [0.05, 0.1) is 24.7 Å². The molecule has 0 bridgehead atoms. The molecule has 26 heavy (non-hydrogen) atoms. The van der Waals surface area contributed by atoms with Crippen LogP contribution in [0.1, 0.15) is 16.8 Å². The lowest BCUT2D eigenvalue weighted by Crippen LogP contribution is -2.46. The average molecular weight is 355 g/mol. The highest BCUT2D eigenvalue weighted by atomic mass is 16.5. The largest absolute Gasteiger partial charge is 0.481 e.